The van der Waals surface area contributed by atoms with Crippen molar-refractivity contribution in [3.63, 3.8) is 0 Å². The number of benzene rings is 2. The lowest BCUT2D eigenvalue weighted by atomic mass is 9.82. The number of aliphatic imine (C=N–C) groups is 1. The van der Waals surface area contributed by atoms with Crippen LogP contribution in [0.25, 0.3) is 0 Å². The number of aliphatic hydroxyl groups is 1. The number of morpholine rings is 1. The Balaban J connectivity index is 0.00000127. The van der Waals surface area contributed by atoms with Gasteiger partial charge >= 0.3 is 5.97 Å². The highest BCUT2D eigenvalue weighted by Crippen LogP contribution is 2.32. The van der Waals surface area contributed by atoms with Crippen LogP contribution in [-0.2, 0) is 27.2 Å². The predicted molar refractivity (Wildman–Crippen MR) is 139 cm³/mol. The molecule has 0 spiro atoms. The normalized spacial score (nSPS) is 17.7. The first-order valence-electron chi connectivity index (χ1n) is 12.0. The number of fused-ring (bicyclic) bond motifs is 1. The molecule has 1 saturated heterocycles. The van der Waals surface area contributed by atoms with Gasteiger partial charge in [0.2, 0.25) is 0 Å². The molecule has 0 atom stereocenters. The molecule has 0 unspecified atom stereocenters. The molecule has 2 aliphatic rings. The van der Waals surface area contributed by atoms with Crippen LogP contribution in [0.2, 0.25) is 0 Å². The van der Waals surface area contributed by atoms with Gasteiger partial charge in [-0.25, -0.2) is 9.18 Å². The zero-order valence-electron chi connectivity index (χ0n) is 20.9. The molecule has 11 heteroatoms. The number of rotatable bonds is 7. The number of ketones is 1. The second kappa shape index (κ2) is 13.5. The highest BCUT2D eigenvalue weighted by molar-refractivity contribution is 6.32. The number of carboxylic acids is 1. The molecule has 4 N–H and O–H groups in total. The predicted octanol–water partition coefficient (Wildman–Crippen LogP) is 2.57. The SMILES string of the molecule is CNc1cc(F)cc2c1CC(=O)C(=C(O)Cc1ccc(C(=O)O)cc1)C2=NCCN1CCOCC1.O=CO. The Morgan fingerprint density at radius 3 is 2.45 bits per heavy atom. The topological polar surface area (TPSA) is 149 Å². The van der Waals surface area contributed by atoms with Crippen LogP contribution in [0.15, 0.2) is 52.7 Å². The number of ether oxygens (including phenoxy) is 1. The van der Waals surface area contributed by atoms with Gasteiger partial charge in [0.25, 0.3) is 6.47 Å². The van der Waals surface area contributed by atoms with Crippen molar-refractivity contribution in [3.05, 3.63) is 75.8 Å². The smallest absolute Gasteiger partial charge is 0.335 e. The number of nitrogens with one attached hydrogen (secondary N) is 1. The zero-order chi connectivity index (χ0) is 27.7. The number of hydrogen-bond donors (Lipinski definition) is 4. The summed E-state index contributed by atoms with van der Waals surface area (Å²) in [6, 6.07) is 8.77. The third-order valence-electron chi connectivity index (χ3n) is 6.24. The molecule has 10 nitrogen and oxygen atoms in total. The monoisotopic (exact) mass is 527 g/mol. The van der Waals surface area contributed by atoms with Crippen molar-refractivity contribution in [1.82, 2.24) is 4.90 Å². The summed E-state index contributed by atoms with van der Waals surface area (Å²) in [6.07, 6.45) is 0.0264. The standard InChI is InChI=1S/C26H28FN3O5.CH2O2/c1-28-21-14-18(27)13-20-19(21)15-23(32)24(25(20)29-6-7-30-8-10-35-11-9-30)22(31)12-16-2-4-17(5-3-16)26(33)34;2-1-3/h2-5,13-14,28,31H,6-12,15H2,1H3,(H,33,34);1H,(H,2,3). The van der Waals surface area contributed by atoms with E-state index in [2.05, 4.69) is 10.2 Å². The van der Waals surface area contributed by atoms with Gasteiger partial charge in [-0.2, -0.15) is 0 Å². The van der Waals surface area contributed by atoms with E-state index in [0.29, 0.717) is 48.7 Å². The van der Waals surface area contributed by atoms with E-state index < -0.39 is 11.8 Å². The van der Waals surface area contributed by atoms with E-state index in [-0.39, 0.29) is 47.7 Å². The lowest BCUT2D eigenvalue weighted by Gasteiger charge is -2.27. The van der Waals surface area contributed by atoms with Gasteiger partial charge in [0.1, 0.15) is 11.6 Å². The summed E-state index contributed by atoms with van der Waals surface area (Å²) in [6.45, 7) is 3.66. The molecule has 1 heterocycles. The summed E-state index contributed by atoms with van der Waals surface area (Å²) in [5.41, 5.74) is 2.77. The van der Waals surface area contributed by atoms with Crippen molar-refractivity contribution < 1.29 is 38.8 Å². The molecule has 1 fully saturated rings. The number of carbonyl (C=O) groups excluding carboxylic acids is 1. The van der Waals surface area contributed by atoms with Crippen LogP contribution < -0.4 is 5.32 Å². The van der Waals surface area contributed by atoms with Crippen molar-refractivity contribution in [2.45, 2.75) is 12.8 Å². The molecule has 2 aromatic rings. The molecule has 0 radical (unpaired) electrons. The van der Waals surface area contributed by atoms with Crippen LogP contribution in [-0.4, -0.2) is 90.6 Å². The first kappa shape index (κ1) is 28.5. The first-order chi connectivity index (χ1) is 18.3. The average Bonchev–Trinajstić information content (AvgIpc) is 2.90. The molecule has 1 aliphatic heterocycles. The van der Waals surface area contributed by atoms with Crippen LogP contribution >= 0.6 is 0 Å². The Bertz CT molecular complexity index is 1240. The minimum atomic E-state index is -1.05. The lowest BCUT2D eigenvalue weighted by molar-refractivity contribution is -0.123. The first-order valence-corrected chi connectivity index (χ1v) is 12.0. The number of anilines is 1. The summed E-state index contributed by atoms with van der Waals surface area (Å²) in [5.74, 6) is -1.99. The van der Waals surface area contributed by atoms with Crippen molar-refractivity contribution in [2.75, 3.05) is 51.8 Å². The number of Topliss-reactive ketones (excluding diaryl/α,β-unsaturated/α-hetero) is 1. The third kappa shape index (κ3) is 7.02. The average molecular weight is 528 g/mol. The van der Waals surface area contributed by atoms with E-state index in [1.165, 1.54) is 24.3 Å². The Kier molecular flexibility index (Phi) is 10.1. The van der Waals surface area contributed by atoms with E-state index in [0.717, 1.165) is 13.1 Å². The fourth-order valence-corrected chi connectivity index (χ4v) is 4.41. The van der Waals surface area contributed by atoms with E-state index >= 15 is 0 Å². The highest BCUT2D eigenvalue weighted by atomic mass is 19.1. The van der Waals surface area contributed by atoms with Gasteiger partial charge in [-0.15, -0.1) is 0 Å². The summed E-state index contributed by atoms with van der Waals surface area (Å²) in [4.78, 5) is 39.6. The number of aliphatic hydroxyl groups excluding tert-OH is 1. The fraction of sp³-hybridized carbons (Fsp3) is 0.333. The summed E-state index contributed by atoms with van der Waals surface area (Å²) in [5, 5.41) is 30.0. The second-order valence-corrected chi connectivity index (χ2v) is 8.62. The molecule has 1 aliphatic carbocycles. The van der Waals surface area contributed by atoms with Crippen LogP contribution in [0.5, 0.6) is 0 Å². The van der Waals surface area contributed by atoms with Crippen molar-refractivity contribution in [3.8, 4) is 0 Å². The molecule has 0 saturated carbocycles. The highest BCUT2D eigenvalue weighted by Gasteiger charge is 2.32. The summed E-state index contributed by atoms with van der Waals surface area (Å²) < 4.78 is 19.9. The number of aromatic carboxylic acids is 1. The molecule has 0 aromatic heterocycles. The molecule has 2 aromatic carbocycles. The van der Waals surface area contributed by atoms with Crippen LogP contribution in [0, 0.1) is 5.82 Å². The number of hydrogen-bond acceptors (Lipinski definition) is 8. The van der Waals surface area contributed by atoms with Gasteiger partial charge in [0.15, 0.2) is 5.78 Å². The maximum atomic E-state index is 14.5. The molecule has 0 bridgehead atoms. The molecular weight excluding hydrogens is 497 g/mol. The largest absolute Gasteiger partial charge is 0.511 e. The minimum absolute atomic E-state index is 0.00557. The zero-order valence-corrected chi connectivity index (χ0v) is 20.9. The summed E-state index contributed by atoms with van der Waals surface area (Å²) >= 11 is 0. The molecule has 202 valence electrons. The Morgan fingerprint density at radius 1 is 1.18 bits per heavy atom. The van der Waals surface area contributed by atoms with Crippen molar-refractivity contribution in [1.29, 1.82) is 0 Å². The van der Waals surface area contributed by atoms with Gasteiger partial charge in [-0.05, 0) is 35.4 Å². The van der Waals surface area contributed by atoms with Crippen molar-refractivity contribution >= 4 is 29.6 Å². The summed E-state index contributed by atoms with van der Waals surface area (Å²) in [7, 11) is 1.67. The van der Waals surface area contributed by atoms with Gasteiger partial charge in [-0.3, -0.25) is 19.5 Å². The molecule has 38 heavy (non-hydrogen) atoms. The van der Waals surface area contributed by atoms with E-state index in [4.69, 9.17) is 24.7 Å². The van der Waals surface area contributed by atoms with Gasteiger partial charge in [-0.1, -0.05) is 12.1 Å². The number of allylic oxidation sites excluding steroid dienone is 2. The van der Waals surface area contributed by atoms with Gasteiger partial charge in [0.05, 0.1) is 36.6 Å². The van der Waals surface area contributed by atoms with Crippen LogP contribution in [0.3, 0.4) is 0 Å². The van der Waals surface area contributed by atoms with E-state index in [1.807, 2.05) is 0 Å². The number of halogens is 1. The van der Waals surface area contributed by atoms with Crippen LogP contribution in [0.1, 0.15) is 27.0 Å². The number of nitrogens with zero attached hydrogens (tertiary/aromatic N) is 2. The number of carbonyl (C=O) groups is 3. The maximum Gasteiger partial charge on any atom is 0.335 e. The molecular formula is C27H30FN3O7. The Labute approximate surface area is 219 Å². The third-order valence-corrected chi connectivity index (χ3v) is 6.24. The van der Waals surface area contributed by atoms with Gasteiger partial charge < -0.3 is 25.4 Å². The quantitative estimate of drug-likeness (QED) is 0.242. The van der Waals surface area contributed by atoms with Crippen molar-refractivity contribution in [2.24, 2.45) is 4.99 Å². The van der Waals surface area contributed by atoms with E-state index in [1.54, 1.807) is 19.2 Å². The lowest BCUT2D eigenvalue weighted by Crippen LogP contribution is -2.38. The Morgan fingerprint density at radius 2 is 1.84 bits per heavy atom. The van der Waals surface area contributed by atoms with Crippen LogP contribution in [0.4, 0.5) is 10.1 Å². The number of carboxylic acid groups (broad SMARTS) is 2. The molecule has 0 amide bonds. The fourth-order valence-electron chi connectivity index (χ4n) is 4.41. The molecule has 4 rings (SSSR count). The van der Waals surface area contributed by atoms with Gasteiger partial charge in [0, 0.05) is 50.8 Å². The second-order valence-electron chi connectivity index (χ2n) is 8.62. The minimum Gasteiger partial charge on any atom is -0.511 e. The Hall–Kier alpha value is -4.09. The van der Waals surface area contributed by atoms with E-state index in [9.17, 15) is 19.1 Å². The maximum absolute atomic E-state index is 14.5.